The van der Waals surface area contributed by atoms with Crippen LogP contribution < -0.4 is 5.84 Å². The summed E-state index contributed by atoms with van der Waals surface area (Å²) in [5.74, 6) is 5.50. The highest BCUT2D eigenvalue weighted by molar-refractivity contribution is 5.85. The number of benzene rings is 1. The second-order valence-electron chi connectivity index (χ2n) is 3.28. The number of hydrogen-bond donors (Lipinski definition) is 1. The van der Waals surface area contributed by atoms with E-state index in [0.717, 1.165) is 12.0 Å². The Balaban J connectivity index is 2.24. The maximum atomic E-state index is 11.5. The molecule has 1 aromatic rings. The summed E-state index contributed by atoms with van der Waals surface area (Å²) in [6.07, 6.45) is 0.833. The molecule has 0 aromatic heterocycles. The highest BCUT2D eigenvalue weighted by Crippen LogP contribution is 2.26. The van der Waals surface area contributed by atoms with Crippen molar-refractivity contribution < 1.29 is 4.79 Å². The summed E-state index contributed by atoms with van der Waals surface area (Å²) in [6.45, 7) is 0.665. The number of carbonyl (C=O) groups is 1. The Morgan fingerprint density at radius 3 is 2.54 bits per heavy atom. The molecule has 1 aromatic carbocycles. The molecule has 1 amide bonds. The molecule has 13 heavy (non-hydrogen) atoms. The lowest BCUT2D eigenvalue weighted by Crippen LogP contribution is -2.33. The molecular formula is C10H12N2O. The lowest BCUT2D eigenvalue weighted by atomic mass is 9.98. The molecule has 68 valence electrons. The van der Waals surface area contributed by atoms with Crippen molar-refractivity contribution in [3.8, 4) is 0 Å². The molecule has 0 spiro atoms. The zero-order chi connectivity index (χ0) is 9.26. The Kier molecular flexibility index (Phi) is 2.02. The Labute approximate surface area is 77.1 Å². The summed E-state index contributed by atoms with van der Waals surface area (Å²) in [5, 5.41) is 1.30. The second-order valence-corrected chi connectivity index (χ2v) is 3.28. The van der Waals surface area contributed by atoms with E-state index in [1.54, 1.807) is 0 Å². The molecule has 1 unspecified atom stereocenters. The average Bonchev–Trinajstić information content (AvgIpc) is 2.49. The van der Waals surface area contributed by atoms with Gasteiger partial charge >= 0.3 is 0 Å². The van der Waals surface area contributed by atoms with Gasteiger partial charge in [0.15, 0.2) is 0 Å². The lowest BCUT2D eigenvalue weighted by Gasteiger charge is -2.09. The molecule has 0 bridgehead atoms. The first kappa shape index (κ1) is 8.26. The smallest absolute Gasteiger partial charge is 0.244 e. The molecule has 3 heteroatoms. The van der Waals surface area contributed by atoms with E-state index in [2.05, 4.69) is 0 Å². The van der Waals surface area contributed by atoms with Gasteiger partial charge in [-0.25, -0.2) is 5.84 Å². The first-order valence-corrected chi connectivity index (χ1v) is 4.40. The molecule has 3 nitrogen and oxygen atoms in total. The minimum atomic E-state index is -0.0220. The van der Waals surface area contributed by atoms with E-state index >= 15 is 0 Å². The van der Waals surface area contributed by atoms with E-state index in [9.17, 15) is 4.79 Å². The number of nitrogens with two attached hydrogens (primary N) is 1. The first-order chi connectivity index (χ1) is 6.29. The Bertz CT molecular complexity index is 310. The molecule has 1 heterocycles. The molecule has 2 N–H and O–H groups in total. The maximum absolute atomic E-state index is 11.5. The van der Waals surface area contributed by atoms with E-state index in [0.29, 0.717) is 6.54 Å². The van der Waals surface area contributed by atoms with Gasteiger partial charge < -0.3 is 0 Å². The van der Waals surface area contributed by atoms with E-state index in [4.69, 9.17) is 5.84 Å². The first-order valence-electron chi connectivity index (χ1n) is 4.40. The van der Waals surface area contributed by atoms with Crippen molar-refractivity contribution in [3.63, 3.8) is 0 Å². The van der Waals surface area contributed by atoms with Crippen molar-refractivity contribution in [3.05, 3.63) is 35.9 Å². The summed E-state index contributed by atoms with van der Waals surface area (Å²) >= 11 is 0. The van der Waals surface area contributed by atoms with Crippen LogP contribution in [0.4, 0.5) is 0 Å². The summed E-state index contributed by atoms with van der Waals surface area (Å²) in [7, 11) is 0. The molecule has 0 aliphatic carbocycles. The zero-order valence-electron chi connectivity index (χ0n) is 7.31. The number of rotatable bonds is 1. The SMILES string of the molecule is NN1CCC(c2ccccc2)C1=O. The average molecular weight is 176 g/mol. The largest absolute Gasteiger partial charge is 0.280 e. The van der Waals surface area contributed by atoms with Crippen molar-refractivity contribution in [2.75, 3.05) is 6.54 Å². The number of amides is 1. The van der Waals surface area contributed by atoms with Crippen LogP contribution >= 0.6 is 0 Å². The third-order valence-electron chi connectivity index (χ3n) is 2.44. The van der Waals surface area contributed by atoms with Crippen LogP contribution in [0.2, 0.25) is 0 Å². The van der Waals surface area contributed by atoms with Gasteiger partial charge in [-0.2, -0.15) is 0 Å². The standard InChI is InChI=1S/C10H12N2O/c11-12-7-6-9(10(12)13)8-4-2-1-3-5-8/h1-5,9H,6-7,11H2. The molecule has 1 aliphatic heterocycles. The van der Waals surface area contributed by atoms with Gasteiger partial charge in [0.1, 0.15) is 0 Å². The van der Waals surface area contributed by atoms with Gasteiger partial charge in [0.25, 0.3) is 0 Å². The topological polar surface area (TPSA) is 46.3 Å². The normalized spacial score (nSPS) is 22.4. The Morgan fingerprint density at radius 2 is 2.00 bits per heavy atom. The van der Waals surface area contributed by atoms with Crippen LogP contribution in [0.5, 0.6) is 0 Å². The number of nitrogens with zero attached hydrogens (tertiary/aromatic N) is 1. The monoisotopic (exact) mass is 176 g/mol. The molecule has 0 saturated carbocycles. The van der Waals surface area contributed by atoms with Crippen molar-refractivity contribution in [2.45, 2.75) is 12.3 Å². The third kappa shape index (κ3) is 1.42. The van der Waals surface area contributed by atoms with Crippen LogP contribution in [-0.4, -0.2) is 17.5 Å². The molecule has 1 fully saturated rings. The summed E-state index contributed by atoms with van der Waals surface area (Å²) < 4.78 is 0. The number of hydrogen-bond acceptors (Lipinski definition) is 2. The second kappa shape index (κ2) is 3.18. The fourth-order valence-corrected chi connectivity index (χ4v) is 1.70. The predicted octanol–water partition coefficient (Wildman–Crippen LogP) is 0.876. The van der Waals surface area contributed by atoms with E-state index in [-0.39, 0.29) is 11.8 Å². The fourth-order valence-electron chi connectivity index (χ4n) is 1.70. The van der Waals surface area contributed by atoms with Crippen LogP contribution in [0.3, 0.4) is 0 Å². The molecule has 2 rings (SSSR count). The summed E-state index contributed by atoms with van der Waals surface area (Å²) in [4.78, 5) is 11.5. The minimum Gasteiger partial charge on any atom is -0.280 e. The van der Waals surface area contributed by atoms with Crippen LogP contribution in [0.1, 0.15) is 17.9 Å². The summed E-state index contributed by atoms with van der Waals surface area (Å²) in [5.41, 5.74) is 1.07. The number of carbonyl (C=O) groups excluding carboxylic acids is 1. The highest BCUT2D eigenvalue weighted by atomic mass is 16.2. The molecule has 1 atom stereocenters. The predicted molar refractivity (Wildman–Crippen MR) is 49.7 cm³/mol. The number of hydrazine groups is 1. The van der Waals surface area contributed by atoms with Crippen molar-refractivity contribution >= 4 is 5.91 Å². The van der Waals surface area contributed by atoms with Gasteiger partial charge in [0.2, 0.25) is 5.91 Å². The van der Waals surface area contributed by atoms with E-state index < -0.39 is 0 Å². The van der Waals surface area contributed by atoms with Crippen LogP contribution in [0.25, 0.3) is 0 Å². The maximum Gasteiger partial charge on any atom is 0.244 e. The Morgan fingerprint density at radius 1 is 1.31 bits per heavy atom. The molecular weight excluding hydrogens is 164 g/mol. The fraction of sp³-hybridized carbons (Fsp3) is 0.300. The Hall–Kier alpha value is -1.35. The van der Waals surface area contributed by atoms with Crippen LogP contribution in [0, 0.1) is 0 Å². The molecule has 0 radical (unpaired) electrons. The van der Waals surface area contributed by atoms with Crippen LogP contribution in [-0.2, 0) is 4.79 Å². The van der Waals surface area contributed by atoms with Crippen molar-refractivity contribution in [2.24, 2.45) is 5.84 Å². The third-order valence-corrected chi connectivity index (χ3v) is 2.44. The van der Waals surface area contributed by atoms with Gasteiger partial charge in [-0.3, -0.25) is 9.80 Å². The van der Waals surface area contributed by atoms with Gasteiger partial charge in [0.05, 0.1) is 5.92 Å². The van der Waals surface area contributed by atoms with Gasteiger partial charge in [-0.15, -0.1) is 0 Å². The van der Waals surface area contributed by atoms with Gasteiger partial charge in [-0.05, 0) is 12.0 Å². The van der Waals surface area contributed by atoms with Gasteiger partial charge in [-0.1, -0.05) is 30.3 Å². The van der Waals surface area contributed by atoms with Gasteiger partial charge in [0, 0.05) is 6.54 Å². The van der Waals surface area contributed by atoms with E-state index in [1.807, 2.05) is 30.3 Å². The quantitative estimate of drug-likeness (QED) is 0.510. The molecule has 1 aliphatic rings. The molecule has 1 saturated heterocycles. The highest BCUT2D eigenvalue weighted by Gasteiger charge is 2.30. The van der Waals surface area contributed by atoms with Crippen LogP contribution in [0.15, 0.2) is 30.3 Å². The minimum absolute atomic E-state index is 0.0220. The van der Waals surface area contributed by atoms with E-state index in [1.165, 1.54) is 5.01 Å². The van der Waals surface area contributed by atoms with Crippen molar-refractivity contribution in [1.29, 1.82) is 0 Å². The zero-order valence-corrected chi connectivity index (χ0v) is 7.31. The lowest BCUT2D eigenvalue weighted by molar-refractivity contribution is -0.129. The van der Waals surface area contributed by atoms with Crippen molar-refractivity contribution in [1.82, 2.24) is 5.01 Å². The summed E-state index contributed by atoms with van der Waals surface area (Å²) in [6, 6.07) is 9.79.